The number of carboxylic acids is 1. The Hall–Kier alpha value is -1.70. The SMILES string of the molecule is CC1=CC[C@@H](C(=O)N(c2cc(C(C)(C)C)sc2C(=O)O)[C@H]2CC[C@H](O[C@@H]3CCOC3)CC2)[C@H](C)C1. The topological polar surface area (TPSA) is 76.1 Å². The average molecular weight is 504 g/mol. The quantitative estimate of drug-likeness (QED) is 0.469. The van der Waals surface area contributed by atoms with Gasteiger partial charge in [0, 0.05) is 23.4 Å². The molecule has 4 rings (SSSR count). The summed E-state index contributed by atoms with van der Waals surface area (Å²) in [4.78, 5) is 29.7. The summed E-state index contributed by atoms with van der Waals surface area (Å²) in [5.41, 5.74) is 1.73. The summed E-state index contributed by atoms with van der Waals surface area (Å²) in [6, 6.07) is 1.96. The zero-order chi connectivity index (χ0) is 25.3. The fourth-order valence-corrected chi connectivity index (χ4v) is 6.77. The van der Waals surface area contributed by atoms with Gasteiger partial charge in [-0.05, 0) is 69.3 Å². The van der Waals surface area contributed by atoms with Crippen molar-refractivity contribution >= 4 is 28.9 Å². The van der Waals surface area contributed by atoms with Crippen molar-refractivity contribution in [3.8, 4) is 0 Å². The van der Waals surface area contributed by atoms with Crippen molar-refractivity contribution in [2.45, 2.75) is 103 Å². The number of hydrogen-bond acceptors (Lipinski definition) is 5. The Morgan fingerprint density at radius 2 is 1.86 bits per heavy atom. The number of amides is 1. The standard InChI is InChI=1S/C28H41NO5S/c1-17-6-11-22(18(2)14-17)26(30)29(23-15-24(28(3,4)5)35-25(23)27(31)32)19-7-9-20(10-8-19)34-21-12-13-33-16-21/h6,15,18-22H,7-14,16H2,1-5H3,(H,31,32)/t18-,19-,20-,21-,22-/m1/s1. The lowest BCUT2D eigenvalue weighted by molar-refractivity contribution is -0.124. The van der Waals surface area contributed by atoms with Gasteiger partial charge in [-0.25, -0.2) is 4.79 Å². The highest BCUT2D eigenvalue weighted by molar-refractivity contribution is 7.14. The first-order chi connectivity index (χ1) is 16.5. The largest absolute Gasteiger partial charge is 0.477 e. The van der Waals surface area contributed by atoms with Crippen LogP contribution in [0, 0.1) is 11.8 Å². The van der Waals surface area contributed by atoms with Crippen LogP contribution in [0.2, 0.25) is 0 Å². The molecule has 3 aliphatic rings. The molecule has 6 nitrogen and oxygen atoms in total. The maximum atomic E-state index is 14.2. The first kappa shape index (κ1) is 26.4. The summed E-state index contributed by atoms with van der Waals surface area (Å²) < 4.78 is 11.7. The number of hydrogen-bond donors (Lipinski definition) is 1. The van der Waals surface area contributed by atoms with Crippen LogP contribution in [-0.2, 0) is 19.7 Å². The molecule has 194 valence electrons. The number of allylic oxidation sites excluding steroid dienone is 2. The zero-order valence-electron chi connectivity index (χ0n) is 21.8. The van der Waals surface area contributed by atoms with E-state index in [2.05, 4.69) is 40.7 Å². The van der Waals surface area contributed by atoms with E-state index in [-0.39, 0.29) is 46.3 Å². The van der Waals surface area contributed by atoms with Crippen LogP contribution in [-0.4, -0.2) is 48.4 Å². The predicted octanol–water partition coefficient (Wildman–Crippen LogP) is 6.19. The number of rotatable bonds is 6. The molecule has 0 radical (unpaired) electrons. The van der Waals surface area contributed by atoms with Crippen LogP contribution >= 0.6 is 11.3 Å². The third-order valence-electron chi connectivity index (χ3n) is 7.79. The molecule has 0 aromatic carbocycles. The molecule has 1 amide bonds. The number of carbonyl (C=O) groups excluding carboxylic acids is 1. The number of anilines is 1. The van der Waals surface area contributed by atoms with Gasteiger partial charge in [-0.15, -0.1) is 11.3 Å². The van der Waals surface area contributed by atoms with Crippen molar-refractivity contribution in [1.29, 1.82) is 0 Å². The van der Waals surface area contributed by atoms with Crippen LogP contribution < -0.4 is 4.90 Å². The van der Waals surface area contributed by atoms with E-state index in [0.29, 0.717) is 12.3 Å². The monoisotopic (exact) mass is 503 g/mol. The molecule has 2 fully saturated rings. The van der Waals surface area contributed by atoms with Gasteiger partial charge < -0.3 is 19.5 Å². The van der Waals surface area contributed by atoms with E-state index >= 15 is 0 Å². The van der Waals surface area contributed by atoms with Crippen molar-refractivity contribution in [2.75, 3.05) is 18.1 Å². The number of nitrogens with zero attached hydrogens (tertiary/aromatic N) is 1. The van der Waals surface area contributed by atoms with Gasteiger partial charge in [-0.1, -0.05) is 39.3 Å². The van der Waals surface area contributed by atoms with Crippen molar-refractivity contribution in [3.05, 3.63) is 27.5 Å². The molecule has 0 bridgehead atoms. The van der Waals surface area contributed by atoms with Crippen LogP contribution in [0.1, 0.15) is 94.1 Å². The highest BCUT2D eigenvalue weighted by Gasteiger charge is 2.39. The minimum atomic E-state index is -0.955. The van der Waals surface area contributed by atoms with Crippen LogP contribution in [0.3, 0.4) is 0 Å². The molecule has 1 aromatic heterocycles. The summed E-state index contributed by atoms with van der Waals surface area (Å²) in [6.45, 7) is 12.0. The number of carbonyl (C=O) groups is 2. The lowest BCUT2D eigenvalue weighted by Crippen LogP contribution is -2.48. The normalized spacial score (nSPS) is 29.6. The van der Waals surface area contributed by atoms with Gasteiger partial charge in [0.25, 0.3) is 0 Å². The lowest BCUT2D eigenvalue weighted by Gasteiger charge is -2.40. The Balaban J connectivity index is 1.63. The summed E-state index contributed by atoms with van der Waals surface area (Å²) in [5.74, 6) is -0.756. The van der Waals surface area contributed by atoms with E-state index < -0.39 is 5.97 Å². The summed E-state index contributed by atoms with van der Waals surface area (Å²) in [5, 5.41) is 10.1. The summed E-state index contributed by atoms with van der Waals surface area (Å²) >= 11 is 1.31. The second kappa shape index (κ2) is 10.7. The molecule has 2 heterocycles. The zero-order valence-corrected chi connectivity index (χ0v) is 22.7. The van der Waals surface area contributed by atoms with Gasteiger partial charge in [0.15, 0.2) is 0 Å². The maximum absolute atomic E-state index is 14.2. The Labute approximate surface area is 213 Å². The first-order valence-electron chi connectivity index (χ1n) is 13.1. The lowest BCUT2D eigenvalue weighted by atomic mass is 9.79. The van der Waals surface area contributed by atoms with E-state index in [1.165, 1.54) is 16.9 Å². The third kappa shape index (κ3) is 6.00. The van der Waals surface area contributed by atoms with E-state index in [0.717, 1.165) is 56.4 Å². The maximum Gasteiger partial charge on any atom is 0.348 e. The van der Waals surface area contributed by atoms with Crippen molar-refractivity contribution < 1.29 is 24.2 Å². The molecule has 2 aliphatic carbocycles. The van der Waals surface area contributed by atoms with Crippen molar-refractivity contribution in [3.63, 3.8) is 0 Å². The molecule has 1 N–H and O–H groups in total. The fraction of sp³-hybridized carbons (Fsp3) is 0.714. The Bertz CT molecular complexity index is 947. The van der Waals surface area contributed by atoms with E-state index in [4.69, 9.17) is 9.47 Å². The van der Waals surface area contributed by atoms with Crippen molar-refractivity contribution in [1.82, 2.24) is 0 Å². The number of carboxylic acid groups (broad SMARTS) is 1. The highest BCUT2D eigenvalue weighted by Crippen LogP contribution is 2.42. The molecule has 0 unspecified atom stereocenters. The molecular formula is C28H41NO5S. The molecule has 1 aliphatic heterocycles. The molecule has 1 aromatic rings. The smallest absolute Gasteiger partial charge is 0.348 e. The Morgan fingerprint density at radius 1 is 1.14 bits per heavy atom. The van der Waals surface area contributed by atoms with Crippen molar-refractivity contribution in [2.24, 2.45) is 11.8 Å². The second-order valence-electron chi connectivity index (χ2n) is 11.7. The molecular weight excluding hydrogens is 462 g/mol. The minimum Gasteiger partial charge on any atom is -0.477 e. The Morgan fingerprint density at radius 3 is 2.43 bits per heavy atom. The van der Waals surface area contributed by atoms with E-state index in [1.54, 1.807) is 0 Å². The fourth-order valence-electron chi connectivity index (χ4n) is 5.73. The summed E-state index contributed by atoms with van der Waals surface area (Å²) in [7, 11) is 0. The number of ether oxygens (including phenoxy) is 2. The van der Waals surface area contributed by atoms with Crippen LogP contribution in [0.15, 0.2) is 17.7 Å². The highest BCUT2D eigenvalue weighted by atomic mass is 32.1. The van der Waals surface area contributed by atoms with Gasteiger partial charge in [0.1, 0.15) is 4.88 Å². The van der Waals surface area contributed by atoms with E-state index in [9.17, 15) is 14.7 Å². The molecule has 1 saturated carbocycles. The van der Waals surface area contributed by atoms with Crippen LogP contribution in [0.25, 0.3) is 0 Å². The molecule has 1 saturated heterocycles. The average Bonchev–Trinajstić information content (AvgIpc) is 3.45. The van der Waals surface area contributed by atoms with Crippen LogP contribution in [0.4, 0.5) is 5.69 Å². The van der Waals surface area contributed by atoms with Crippen LogP contribution in [0.5, 0.6) is 0 Å². The predicted molar refractivity (Wildman–Crippen MR) is 139 cm³/mol. The van der Waals surface area contributed by atoms with Gasteiger partial charge in [0.2, 0.25) is 5.91 Å². The Kier molecular flexibility index (Phi) is 8.08. The molecule has 3 atom stereocenters. The van der Waals surface area contributed by atoms with Gasteiger partial charge in [-0.2, -0.15) is 0 Å². The second-order valence-corrected chi connectivity index (χ2v) is 12.8. The summed E-state index contributed by atoms with van der Waals surface area (Å²) in [6.07, 6.45) is 8.52. The van der Waals surface area contributed by atoms with Gasteiger partial charge in [-0.3, -0.25) is 4.79 Å². The molecule has 35 heavy (non-hydrogen) atoms. The molecule has 0 spiro atoms. The minimum absolute atomic E-state index is 0.0121. The number of thiophene rings is 1. The molecule has 7 heteroatoms. The van der Waals surface area contributed by atoms with E-state index in [1.807, 2.05) is 11.0 Å². The van der Waals surface area contributed by atoms with Gasteiger partial charge >= 0.3 is 5.97 Å². The van der Waals surface area contributed by atoms with Gasteiger partial charge in [0.05, 0.1) is 24.5 Å². The first-order valence-corrected chi connectivity index (χ1v) is 14.0. The third-order valence-corrected chi connectivity index (χ3v) is 9.33. The number of aromatic carboxylic acids is 1.